The van der Waals surface area contributed by atoms with Gasteiger partial charge in [0, 0.05) is 4.88 Å². The molecule has 19 heavy (non-hydrogen) atoms. The zero-order valence-electron chi connectivity index (χ0n) is 11.8. The maximum atomic E-state index is 12.3. The lowest BCUT2D eigenvalue weighted by atomic mass is 9.89. The highest BCUT2D eigenvalue weighted by atomic mass is 32.1. The molecule has 0 aliphatic rings. The van der Waals surface area contributed by atoms with E-state index in [-0.39, 0.29) is 11.8 Å². The molecule has 4 nitrogen and oxygen atoms in total. The molecule has 1 rings (SSSR count). The van der Waals surface area contributed by atoms with Crippen LogP contribution in [0.4, 0.5) is 0 Å². The van der Waals surface area contributed by atoms with Crippen LogP contribution in [0, 0.1) is 5.92 Å². The van der Waals surface area contributed by atoms with Crippen molar-refractivity contribution in [2.75, 3.05) is 0 Å². The van der Waals surface area contributed by atoms with Crippen molar-refractivity contribution in [1.29, 1.82) is 0 Å². The lowest BCUT2D eigenvalue weighted by Crippen LogP contribution is -2.48. The van der Waals surface area contributed by atoms with Gasteiger partial charge in [-0.3, -0.25) is 4.79 Å². The van der Waals surface area contributed by atoms with Gasteiger partial charge >= 0.3 is 5.97 Å². The van der Waals surface area contributed by atoms with E-state index in [1.165, 1.54) is 11.3 Å². The van der Waals surface area contributed by atoms with Gasteiger partial charge in [0.15, 0.2) is 0 Å². The number of carboxylic acids is 1. The molecule has 106 valence electrons. The number of aliphatic carboxylic acids is 1. The van der Waals surface area contributed by atoms with Gasteiger partial charge in [0.05, 0.1) is 5.41 Å². The molecule has 1 heterocycles. The van der Waals surface area contributed by atoms with Gasteiger partial charge in [0.1, 0.15) is 6.04 Å². The Morgan fingerprint density at radius 2 is 2.05 bits per heavy atom. The standard InChI is InChI=1S/C14H21NO3S/c1-9(2)8-10(12(16)17)15-13(18)14(3,4)11-6-5-7-19-11/h5-7,9-10H,8H2,1-4H3,(H,15,18)(H,16,17)/t10-/m1/s1. The second-order valence-electron chi connectivity index (χ2n) is 5.60. The first-order valence-electron chi connectivity index (χ1n) is 6.33. The number of carbonyl (C=O) groups excluding carboxylic acids is 1. The number of hydrogen-bond donors (Lipinski definition) is 2. The Morgan fingerprint density at radius 3 is 2.47 bits per heavy atom. The van der Waals surface area contributed by atoms with Crippen LogP contribution in [0.5, 0.6) is 0 Å². The SMILES string of the molecule is CC(C)C[C@@H](NC(=O)C(C)(C)c1cccs1)C(=O)O. The highest BCUT2D eigenvalue weighted by Gasteiger charge is 2.33. The molecule has 0 unspecified atom stereocenters. The van der Waals surface area contributed by atoms with Gasteiger partial charge in [0.25, 0.3) is 0 Å². The molecule has 0 saturated carbocycles. The van der Waals surface area contributed by atoms with Crippen molar-refractivity contribution in [2.45, 2.75) is 45.6 Å². The summed E-state index contributed by atoms with van der Waals surface area (Å²) in [4.78, 5) is 24.4. The van der Waals surface area contributed by atoms with Crippen molar-refractivity contribution in [2.24, 2.45) is 5.92 Å². The molecule has 1 aromatic heterocycles. The zero-order valence-corrected chi connectivity index (χ0v) is 12.6. The topological polar surface area (TPSA) is 66.4 Å². The van der Waals surface area contributed by atoms with E-state index in [0.29, 0.717) is 6.42 Å². The summed E-state index contributed by atoms with van der Waals surface area (Å²) in [6, 6.07) is 2.95. The van der Waals surface area contributed by atoms with Crippen LogP contribution < -0.4 is 5.32 Å². The van der Waals surface area contributed by atoms with Crippen LogP contribution in [0.1, 0.15) is 39.0 Å². The molecule has 1 atom stereocenters. The summed E-state index contributed by atoms with van der Waals surface area (Å²) >= 11 is 1.50. The molecule has 0 spiro atoms. The van der Waals surface area contributed by atoms with Crippen LogP contribution >= 0.6 is 11.3 Å². The smallest absolute Gasteiger partial charge is 0.326 e. The third-order valence-corrected chi connectivity index (χ3v) is 4.21. The third kappa shape index (κ3) is 4.06. The largest absolute Gasteiger partial charge is 0.480 e. The van der Waals surface area contributed by atoms with E-state index >= 15 is 0 Å². The Hall–Kier alpha value is -1.36. The average Bonchev–Trinajstić information content (AvgIpc) is 2.80. The summed E-state index contributed by atoms with van der Waals surface area (Å²) in [6.07, 6.45) is 0.432. The van der Waals surface area contributed by atoms with E-state index in [1.54, 1.807) is 0 Å². The normalized spacial score (nSPS) is 13.3. The molecular formula is C14H21NO3S. The summed E-state index contributed by atoms with van der Waals surface area (Å²) in [6.45, 7) is 7.49. The van der Waals surface area contributed by atoms with E-state index in [1.807, 2.05) is 45.2 Å². The second kappa shape index (κ2) is 6.19. The predicted octanol–water partition coefficient (Wildman–Crippen LogP) is 2.64. The lowest BCUT2D eigenvalue weighted by Gasteiger charge is -2.25. The number of rotatable bonds is 6. The molecular weight excluding hydrogens is 262 g/mol. The predicted molar refractivity (Wildman–Crippen MR) is 76.4 cm³/mol. The Bertz CT molecular complexity index is 438. The molecule has 0 aliphatic carbocycles. The monoisotopic (exact) mass is 283 g/mol. The zero-order chi connectivity index (χ0) is 14.6. The van der Waals surface area contributed by atoms with Crippen LogP contribution in [0.2, 0.25) is 0 Å². The van der Waals surface area contributed by atoms with Gasteiger partial charge in [-0.05, 0) is 37.6 Å². The number of nitrogens with one attached hydrogen (secondary N) is 1. The maximum Gasteiger partial charge on any atom is 0.326 e. The molecule has 1 aromatic rings. The quantitative estimate of drug-likeness (QED) is 0.843. The summed E-state index contributed by atoms with van der Waals surface area (Å²) < 4.78 is 0. The second-order valence-corrected chi connectivity index (χ2v) is 6.54. The molecule has 0 saturated heterocycles. The Morgan fingerprint density at radius 1 is 1.42 bits per heavy atom. The molecule has 0 aromatic carbocycles. The summed E-state index contributed by atoms with van der Waals surface area (Å²) in [7, 11) is 0. The van der Waals surface area contributed by atoms with Crippen LogP contribution in [0.3, 0.4) is 0 Å². The number of thiophene rings is 1. The molecule has 2 N–H and O–H groups in total. The van der Waals surface area contributed by atoms with E-state index in [0.717, 1.165) is 4.88 Å². The number of carbonyl (C=O) groups is 2. The Balaban J connectivity index is 2.79. The fourth-order valence-corrected chi connectivity index (χ4v) is 2.63. The molecule has 0 radical (unpaired) electrons. The van der Waals surface area contributed by atoms with Crippen LogP contribution in [0.25, 0.3) is 0 Å². The van der Waals surface area contributed by atoms with Crippen molar-refractivity contribution in [3.8, 4) is 0 Å². The van der Waals surface area contributed by atoms with Gasteiger partial charge in [-0.25, -0.2) is 4.79 Å². The first kappa shape index (κ1) is 15.7. The minimum atomic E-state index is -0.982. The molecule has 5 heteroatoms. The molecule has 0 fully saturated rings. The van der Waals surface area contributed by atoms with Gasteiger partial charge in [-0.2, -0.15) is 0 Å². The van der Waals surface area contributed by atoms with Crippen LogP contribution in [0.15, 0.2) is 17.5 Å². The first-order chi connectivity index (χ1) is 8.75. The van der Waals surface area contributed by atoms with Crippen molar-refractivity contribution in [3.05, 3.63) is 22.4 Å². The van der Waals surface area contributed by atoms with Gasteiger partial charge in [-0.1, -0.05) is 19.9 Å². The number of carboxylic acid groups (broad SMARTS) is 1. The summed E-state index contributed by atoms with van der Waals surface area (Å²) in [5, 5.41) is 13.7. The van der Waals surface area contributed by atoms with E-state index in [2.05, 4.69) is 5.32 Å². The summed E-state index contributed by atoms with van der Waals surface area (Å²) in [5.41, 5.74) is -0.709. The highest BCUT2D eigenvalue weighted by Crippen LogP contribution is 2.27. The van der Waals surface area contributed by atoms with Crippen molar-refractivity contribution in [1.82, 2.24) is 5.32 Å². The van der Waals surface area contributed by atoms with Gasteiger partial charge in [0.2, 0.25) is 5.91 Å². The maximum absolute atomic E-state index is 12.3. The number of hydrogen-bond acceptors (Lipinski definition) is 3. The highest BCUT2D eigenvalue weighted by molar-refractivity contribution is 7.10. The van der Waals surface area contributed by atoms with E-state index in [4.69, 9.17) is 5.11 Å². The molecule has 0 bridgehead atoms. The minimum absolute atomic E-state index is 0.214. The van der Waals surface area contributed by atoms with E-state index < -0.39 is 17.4 Å². The van der Waals surface area contributed by atoms with Crippen LogP contribution in [-0.2, 0) is 15.0 Å². The Labute approximate surface area is 117 Å². The summed E-state index contributed by atoms with van der Waals surface area (Å²) in [5.74, 6) is -1.02. The van der Waals surface area contributed by atoms with E-state index in [9.17, 15) is 9.59 Å². The first-order valence-corrected chi connectivity index (χ1v) is 7.21. The average molecular weight is 283 g/mol. The molecule has 0 aliphatic heterocycles. The fraction of sp³-hybridized carbons (Fsp3) is 0.571. The van der Waals surface area contributed by atoms with Gasteiger partial charge < -0.3 is 10.4 Å². The molecule has 1 amide bonds. The fourth-order valence-electron chi connectivity index (χ4n) is 1.78. The Kier molecular flexibility index (Phi) is 5.11. The lowest BCUT2D eigenvalue weighted by molar-refractivity contribution is -0.143. The third-order valence-electron chi connectivity index (χ3n) is 3.02. The van der Waals surface area contributed by atoms with Crippen molar-refractivity contribution < 1.29 is 14.7 Å². The minimum Gasteiger partial charge on any atom is -0.480 e. The number of amides is 1. The van der Waals surface area contributed by atoms with Gasteiger partial charge in [-0.15, -0.1) is 11.3 Å². The van der Waals surface area contributed by atoms with Crippen molar-refractivity contribution in [3.63, 3.8) is 0 Å². The van der Waals surface area contributed by atoms with Crippen molar-refractivity contribution >= 4 is 23.2 Å². The van der Waals surface area contributed by atoms with Crippen LogP contribution in [-0.4, -0.2) is 23.0 Å².